The summed E-state index contributed by atoms with van der Waals surface area (Å²) in [5.74, 6) is -0.0969. The maximum absolute atomic E-state index is 15.3. The summed E-state index contributed by atoms with van der Waals surface area (Å²) in [6, 6.07) is 33.9. The Balaban J connectivity index is 1.66. The molecule has 34 heavy (non-hydrogen) atoms. The van der Waals surface area contributed by atoms with Crippen LogP contribution in [-0.4, -0.2) is 0 Å². The van der Waals surface area contributed by atoms with Gasteiger partial charge in [0.1, 0.15) is 5.83 Å². The number of benzene rings is 4. The van der Waals surface area contributed by atoms with Crippen molar-refractivity contribution in [3.05, 3.63) is 136 Å². The number of aryl methyl sites for hydroxylation is 2. The molecular weight excluding hydrogens is 415 g/mol. The van der Waals surface area contributed by atoms with Crippen LogP contribution in [-0.2, 0) is 11.8 Å². The van der Waals surface area contributed by atoms with Crippen molar-refractivity contribution >= 4 is 5.83 Å². The van der Waals surface area contributed by atoms with Crippen molar-refractivity contribution in [2.45, 2.75) is 45.4 Å². The van der Waals surface area contributed by atoms with Gasteiger partial charge in [-0.2, -0.15) is 0 Å². The summed E-state index contributed by atoms with van der Waals surface area (Å²) in [5, 5.41) is 0. The summed E-state index contributed by atoms with van der Waals surface area (Å²) < 4.78 is 15.3. The summed E-state index contributed by atoms with van der Waals surface area (Å²) in [4.78, 5) is 0. The van der Waals surface area contributed by atoms with E-state index in [1.54, 1.807) is 0 Å². The van der Waals surface area contributed by atoms with Crippen molar-refractivity contribution in [3.63, 3.8) is 0 Å². The first kappa shape index (κ1) is 22.3. The molecule has 0 fully saturated rings. The molecule has 0 nitrogen and oxygen atoms in total. The van der Waals surface area contributed by atoms with E-state index in [2.05, 4.69) is 80.6 Å². The van der Waals surface area contributed by atoms with Crippen molar-refractivity contribution in [1.29, 1.82) is 0 Å². The minimum Gasteiger partial charge on any atom is -0.206 e. The van der Waals surface area contributed by atoms with Gasteiger partial charge < -0.3 is 0 Å². The lowest BCUT2D eigenvalue weighted by atomic mass is 9.61. The fraction of sp³-hybridized carbons (Fsp3) is 0.212. The van der Waals surface area contributed by atoms with E-state index in [0.29, 0.717) is 12.0 Å². The molecule has 0 aliphatic heterocycles. The Hall–Kier alpha value is -3.45. The fourth-order valence-corrected chi connectivity index (χ4v) is 5.56. The first-order chi connectivity index (χ1) is 16.5. The molecule has 0 aromatic heterocycles. The quantitative estimate of drug-likeness (QED) is 0.287. The molecule has 0 heterocycles. The van der Waals surface area contributed by atoms with E-state index in [9.17, 15) is 0 Å². The number of fused-ring (bicyclic) bond motifs is 3. The van der Waals surface area contributed by atoms with E-state index in [-0.39, 0.29) is 11.2 Å². The van der Waals surface area contributed by atoms with Crippen LogP contribution in [0.2, 0.25) is 0 Å². The number of halogens is 1. The summed E-state index contributed by atoms with van der Waals surface area (Å²) >= 11 is 0. The van der Waals surface area contributed by atoms with Gasteiger partial charge in [-0.25, -0.2) is 4.39 Å². The summed E-state index contributed by atoms with van der Waals surface area (Å²) in [6.45, 7) is 6.28. The van der Waals surface area contributed by atoms with E-state index in [4.69, 9.17) is 0 Å². The third kappa shape index (κ3) is 4.01. The molecule has 1 aliphatic rings. The van der Waals surface area contributed by atoms with Gasteiger partial charge in [-0.15, -0.1) is 0 Å². The number of hydrogen-bond donors (Lipinski definition) is 0. The Morgan fingerprint density at radius 3 is 2.09 bits per heavy atom. The predicted molar refractivity (Wildman–Crippen MR) is 142 cm³/mol. The van der Waals surface area contributed by atoms with Crippen LogP contribution < -0.4 is 0 Å². The van der Waals surface area contributed by atoms with Crippen molar-refractivity contribution in [3.8, 4) is 11.1 Å². The Morgan fingerprint density at radius 2 is 1.38 bits per heavy atom. The summed E-state index contributed by atoms with van der Waals surface area (Å²) in [5.41, 5.74) is 10.5. The summed E-state index contributed by atoms with van der Waals surface area (Å²) in [6.07, 6.45) is 2.47. The van der Waals surface area contributed by atoms with E-state index in [0.717, 1.165) is 18.4 Å². The molecule has 4 aromatic rings. The van der Waals surface area contributed by atoms with Gasteiger partial charge in [-0.1, -0.05) is 108 Å². The first-order valence-corrected chi connectivity index (χ1v) is 12.2. The van der Waals surface area contributed by atoms with Crippen molar-refractivity contribution in [1.82, 2.24) is 0 Å². The third-order valence-corrected chi connectivity index (χ3v) is 7.39. The van der Waals surface area contributed by atoms with Gasteiger partial charge in [0.2, 0.25) is 0 Å². The zero-order valence-electron chi connectivity index (χ0n) is 20.2. The molecule has 0 saturated carbocycles. The van der Waals surface area contributed by atoms with E-state index in [1.807, 2.05) is 37.3 Å². The average molecular weight is 447 g/mol. The SMILES string of the molecule is C/C(CCC1(c2ccccc2)Cc2cc(C)ccc2-c2ccc(C)cc21)=C(/F)c1ccccc1. The van der Waals surface area contributed by atoms with Crippen LogP contribution in [0, 0.1) is 13.8 Å². The Kier molecular flexibility index (Phi) is 5.96. The first-order valence-electron chi connectivity index (χ1n) is 12.2. The Morgan fingerprint density at radius 1 is 0.765 bits per heavy atom. The van der Waals surface area contributed by atoms with Crippen molar-refractivity contribution in [2.24, 2.45) is 0 Å². The lowest BCUT2D eigenvalue weighted by Crippen LogP contribution is -2.34. The normalized spacial score (nSPS) is 17.5. The largest absolute Gasteiger partial charge is 0.206 e. The molecule has 0 N–H and O–H groups in total. The fourth-order valence-electron chi connectivity index (χ4n) is 5.56. The predicted octanol–water partition coefficient (Wildman–Crippen LogP) is 8.99. The van der Waals surface area contributed by atoms with Crippen LogP contribution in [0.1, 0.15) is 53.1 Å². The second kappa shape index (κ2) is 9.06. The van der Waals surface area contributed by atoms with E-state index in [1.165, 1.54) is 38.9 Å². The van der Waals surface area contributed by atoms with E-state index >= 15 is 4.39 Å². The van der Waals surface area contributed by atoms with Crippen molar-refractivity contribution < 1.29 is 4.39 Å². The highest BCUT2D eigenvalue weighted by molar-refractivity contribution is 5.77. The second-order valence-corrected chi connectivity index (χ2v) is 9.79. The molecular formula is C33H31F. The maximum atomic E-state index is 15.3. The highest BCUT2D eigenvalue weighted by Crippen LogP contribution is 2.50. The lowest BCUT2D eigenvalue weighted by Gasteiger charge is -2.41. The van der Waals surface area contributed by atoms with Gasteiger partial charge in [0.05, 0.1) is 0 Å². The number of hydrogen-bond acceptors (Lipinski definition) is 0. The molecule has 4 aromatic carbocycles. The highest BCUT2D eigenvalue weighted by Gasteiger charge is 2.40. The van der Waals surface area contributed by atoms with Crippen LogP contribution in [0.5, 0.6) is 0 Å². The zero-order chi connectivity index (χ0) is 23.7. The molecule has 0 radical (unpaired) electrons. The number of rotatable bonds is 5. The second-order valence-electron chi connectivity index (χ2n) is 9.79. The maximum Gasteiger partial charge on any atom is 0.129 e. The topological polar surface area (TPSA) is 0 Å². The molecule has 0 amide bonds. The van der Waals surface area contributed by atoms with Crippen LogP contribution >= 0.6 is 0 Å². The zero-order valence-corrected chi connectivity index (χ0v) is 20.2. The monoisotopic (exact) mass is 446 g/mol. The average Bonchev–Trinajstić information content (AvgIpc) is 2.87. The van der Waals surface area contributed by atoms with Gasteiger partial charge in [0.25, 0.3) is 0 Å². The molecule has 1 unspecified atom stereocenters. The van der Waals surface area contributed by atoms with Crippen LogP contribution in [0.4, 0.5) is 4.39 Å². The van der Waals surface area contributed by atoms with Gasteiger partial charge in [-0.3, -0.25) is 0 Å². The molecule has 1 atom stereocenters. The Bertz CT molecular complexity index is 1350. The van der Waals surface area contributed by atoms with Gasteiger partial charge in [-0.05, 0) is 73.4 Å². The summed E-state index contributed by atoms with van der Waals surface area (Å²) in [7, 11) is 0. The highest BCUT2D eigenvalue weighted by atomic mass is 19.1. The minimum absolute atomic E-state index is 0.0969. The molecule has 5 rings (SSSR count). The van der Waals surface area contributed by atoms with Crippen LogP contribution in [0.25, 0.3) is 17.0 Å². The van der Waals surface area contributed by atoms with Gasteiger partial charge in [0, 0.05) is 11.0 Å². The van der Waals surface area contributed by atoms with Crippen molar-refractivity contribution in [2.75, 3.05) is 0 Å². The van der Waals surface area contributed by atoms with Crippen LogP contribution in [0.15, 0.2) is 103 Å². The molecule has 170 valence electrons. The molecule has 0 saturated heterocycles. The molecule has 1 aliphatic carbocycles. The van der Waals surface area contributed by atoms with Gasteiger partial charge >= 0.3 is 0 Å². The number of allylic oxidation sites excluding steroid dienone is 1. The van der Waals surface area contributed by atoms with E-state index < -0.39 is 0 Å². The lowest BCUT2D eigenvalue weighted by molar-refractivity contribution is 0.462. The molecule has 0 bridgehead atoms. The smallest absolute Gasteiger partial charge is 0.129 e. The van der Waals surface area contributed by atoms with Gasteiger partial charge in [0.15, 0.2) is 0 Å². The van der Waals surface area contributed by atoms with Crippen LogP contribution in [0.3, 0.4) is 0 Å². The molecule has 1 heteroatoms. The minimum atomic E-state index is -0.207. The standard InChI is InChI=1S/C33H31F/c1-23-14-16-29-27(20-23)22-33(28-12-8-5-9-13-28,31-21-24(2)15-17-30(29)31)19-18-25(3)32(34)26-10-6-4-7-11-26/h4-17,20-21H,18-19,22H2,1-3H3/b32-25-. The molecule has 0 spiro atoms. The third-order valence-electron chi connectivity index (χ3n) is 7.39. The Labute approximate surface area is 202 Å².